The van der Waals surface area contributed by atoms with Crippen molar-refractivity contribution in [3.8, 4) is 0 Å². The van der Waals surface area contributed by atoms with E-state index in [-0.39, 0.29) is 0 Å². The molecule has 0 atom stereocenters. The van der Waals surface area contributed by atoms with Gasteiger partial charge < -0.3 is 10.2 Å². The second-order valence-electron chi connectivity index (χ2n) is 6.33. The summed E-state index contributed by atoms with van der Waals surface area (Å²) in [7, 11) is 0. The van der Waals surface area contributed by atoms with E-state index in [1.54, 1.807) is 6.33 Å². The summed E-state index contributed by atoms with van der Waals surface area (Å²) >= 11 is 0. The van der Waals surface area contributed by atoms with Gasteiger partial charge in [0.05, 0.1) is 0 Å². The van der Waals surface area contributed by atoms with Crippen molar-refractivity contribution in [2.75, 3.05) is 25.0 Å². The highest BCUT2D eigenvalue weighted by Crippen LogP contribution is 2.15. The third-order valence-electron chi connectivity index (χ3n) is 4.37. The minimum Gasteiger partial charge on any atom is -0.367 e. The molecule has 3 heterocycles. The summed E-state index contributed by atoms with van der Waals surface area (Å²) < 4.78 is 0. The Hall–Kier alpha value is -2.01. The molecule has 1 aliphatic rings. The van der Waals surface area contributed by atoms with Crippen molar-refractivity contribution in [1.82, 2.24) is 19.9 Å². The number of rotatable bonds is 5. The number of nitrogens with one attached hydrogen (secondary N) is 1. The fraction of sp³-hybridized carbons (Fsp3) is 0.500. The summed E-state index contributed by atoms with van der Waals surface area (Å²) in [4.78, 5) is 15.6. The Morgan fingerprint density at radius 3 is 2.70 bits per heavy atom. The Kier molecular flexibility index (Phi) is 5.18. The number of pyridine rings is 1. The highest BCUT2D eigenvalue weighted by atomic mass is 15.1. The van der Waals surface area contributed by atoms with Gasteiger partial charge in [0, 0.05) is 55.2 Å². The molecular formula is C18H25N5. The molecule has 0 radical (unpaired) electrons. The van der Waals surface area contributed by atoms with Crippen LogP contribution in [0.4, 0.5) is 5.82 Å². The highest BCUT2D eigenvalue weighted by Gasteiger charge is 2.19. The van der Waals surface area contributed by atoms with Crippen LogP contribution in [0.5, 0.6) is 0 Å². The van der Waals surface area contributed by atoms with E-state index in [2.05, 4.69) is 50.3 Å². The zero-order valence-corrected chi connectivity index (χ0v) is 14.0. The third-order valence-corrected chi connectivity index (χ3v) is 4.37. The SMILES string of the molecule is Cc1cc(NC2CCN(CCc3cccc(C)n3)CC2)ncn1. The second-order valence-corrected chi connectivity index (χ2v) is 6.33. The zero-order valence-electron chi connectivity index (χ0n) is 14.0. The van der Waals surface area contributed by atoms with Crippen LogP contribution >= 0.6 is 0 Å². The smallest absolute Gasteiger partial charge is 0.129 e. The minimum absolute atomic E-state index is 0.512. The van der Waals surface area contributed by atoms with Gasteiger partial charge in [-0.3, -0.25) is 4.98 Å². The summed E-state index contributed by atoms with van der Waals surface area (Å²) in [5, 5.41) is 3.53. The molecule has 0 unspecified atom stereocenters. The van der Waals surface area contributed by atoms with Crippen molar-refractivity contribution in [2.45, 2.75) is 39.2 Å². The van der Waals surface area contributed by atoms with Crippen molar-refractivity contribution in [1.29, 1.82) is 0 Å². The van der Waals surface area contributed by atoms with E-state index in [0.29, 0.717) is 6.04 Å². The number of aromatic nitrogens is 3. The molecule has 3 rings (SSSR count). The lowest BCUT2D eigenvalue weighted by Crippen LogP contribution is -2.40. The van der Waals surface area contributed by atoms with Gasteiger partial charge in [0.25, 0.3) is 0 Å². The lowest BCUT2D eigenvalue weighted by Gasteiger charge is -2.32. The number of hydrogen-bond acceptors (Lipinski definition) is 5. The van der Waals surface area contributed by atoms with Crippen LogP contribution in [0.1, 0.15) is 29.9 Å². The molecule has 0 bridgehead atoms. The van der Waals surface area contributed by atoms with E-state index >= 15 is 0 Å². The van der Waals surface area contributed by atoms with Crippen LogP contribution in [0.25, 0.3) is 0 Å². The highest BCUT2D eigenvalue weighted by molar-refractivity contribution is 5.35. The van der Waals surface area contributed by atoms with E-state index in [0.717, 1.165) is 56.1 Å². The first-order valence-electron chi connectivity index (χ1n) is 8.39. The molecule has 5 heteroatoms. The molecule has 2 aromatic rings. The second kappa shape index (κ2) is 7.51. The number of likely N-dealkylation sites (tertiary alicyclic amines) is 1. The molecule has 0 saturated carbocycles. The van der Waals surface area contributed by atoms with Gasteiger partial charge in [-0.15, -0.1) is 0 Å². The Bertz CT molecular complexity index is 635. The minimum atomic E-state index is 0.512. The molecule has 122 valence electrons. The first-order chi connectivity index (χ1) is 11.2. The Labute approximate surface area is 138 Å². The summed E-state index contributed by atoms with van der Waals surface area (Å²) in [6.45, 7) is 7.40. The molecule has 0 aromatic carbocycles. The topological polar surface area (TPSA) is 53.9 Å². The van der Waals surface area contributed by atoms with Crippen LogP contribution in [0, 0.1) is 13.8 Å². The van der Waals surface area contributed by atoms with Crippen molar-refractivity contribution >= 4 is 5.82 Å². The molecule has 0 aliphatic carbocycles. The fourth-order valence-electron chi connectivity index (χ4n) is 3.05. The van der Waals surface area contributed by atoms with E-state index in [1.165, 1.54) is 5.69 Å². The number of piperidine rings is 1. The zero-order chi connectivity index (χ0) is 16.1. The molecule has 1 aliphatic heterocycles. The van der Waals surface area contributed by atoms with Crippen LogP contribution in [0.2, 0.25) is 0 Å². The molecule has 2 aromatic heterocycles. The third kappa shape index (κ3) is 4.73. The monoisotopic (exact) mass is 311 g/mol. The lowest BCUT2D eigenvalue weighted by atomic mass is 10.0. The summed E-state index contributed by atoms with van der Waals surface area (Å²) in [5.74, 6) is 0.944. The Morgan fingerprint density at radius 1 is 1.13 bits per heavy atom. The van der Waals surface area contributed by atoms with Gasteiger partial charge in [-0.1, -0.05) is 6.07 Å². The van der Waals surface area contributed by atoms with E-state index in [9.17, 15) is 0 Å². The predicted molar refractivity (Wildman–Crippen MR) is 92.5 cm³/mol. The van der Waals surface area contributed by atoms with E-state index in [1.807, 2.05) is 13.0 Å². The van der Waals surface area contributed by atoms with Crippen LogP contribution in [-0.4, -0.2) is 45.5 Å². The van der Waals surface area contributed by atoms with Gasteiger partial charge in [0.15, 0.2) is 0 Å². The van der Waals surface area contributed by atoms with Gasteiger partial charge >= 0.3 is 0 Å². The first-order valence-corrected chi connectivity index (χ1v) is 8.39. The van der Waals surface area contributed by atoms with Gasteiger partial charge in [-0.25, -0.2) is 9.97 Å². The van der Waals surface area contributed by atoms with Gasteiger partial charge in [-0.2, -0.15) is 0 Å². The largest absolute Gasteiger partial charge is 0.367 e. The van der Waals surface area contributed by atoms with Crippen molar-refractivity contribution in [3.63, 3.8) is 0 Å². The maximum atomic E-state index is 4.58. The molecule has 1 N–H and O–H groups in total. The predicted octanol–water partition coefficient (Wildman–Crippen LogP) is 2.61. The molecule has 23 heavy (non-hydrogen) atoms. The quantitative estimate of drug-likeness (QED) is 0.920. The number of hydrogen-bond donors (Lipinski definition) is 1. The average Bonchev–Trinajstić information content (AvgIpc) is 2.54. The normalized spacial score (nSPS) is 16.4. The van der Waals surface area contributed by atoms with Gasteiger partial charge in [-0.05, 0) is 38.8 Å². The summed E-state index contributed by atoms with van der Waals surface area (Å²) in [6.07, 6.45) is 4.97. The first kappa shape index (κ1) is 15.9. The Balaban J connectivity index is 1.43. The maximum Gasteiger partial charge on any atom is 0.129 e. The molecule has 0 spiro atoms. The summed E-state index contributed by atoms with van der Waals surface area (Å²) in [6, 6.07) is 8.79. The van der Waals surface area contributed by atoms with Crippen LogP contribution in [-0.2, 0) is 6.42 Å². The maximum absolute atomic E-state index is 4.58. The average molecular weight is 311 g/mol. The van der Waals surface area contributed by atoms with Crippen LogP contribution in [0.3, 0.4) is 0 Å². The van der Waals surface area contributed by atoms with Crippen LogP contribution in [0.15, 0.2) is 30.6 Å². The lowest BCUT2D eigenvalue weighted by molar-refractivity contribution is 0.221. The molecule has 0 amide bonds. The van der Waals surface area contributed by atoms with Gasteiger partial charge in [0.2, 0.25) is 0 Å². The Morgan fingerprint density at radius 2 is 1.96 bits per heavy atom. The molecule has 1 fully saturated rings. The van der Waals surface area contributed by atoms with Crippen molar-refractivity contribution in [3.05, 3.63) is 47.7 Å². The van der Waals surface area contributed by atoms with E-state index in [4.69, 9.17) is 0 Å². The molecular weight excluding hydrogens is 286 g/mol. The van der Waals surface area contributed by atoms with Crippen molar-refractivity contribution in [2.24, 2.45) is 0 Å². The number of aryl methyl sites for hydroxylation is 2. The molecule has 5 nitrogen and oxygen atoms in total. The van der Waals surface area contributed by atoms with E-state index < -0.39 is 0 Å². The summed E-state index contributed by atoms with van der Waals surface area (Å²) in [5.41, 5.74) is 3.30. The van der Waals surface area contributed by atoms with Crippen LogP contribution < -0.4 is 5.32 Å². The number of anilines is 1. The molecule has 1 saturated heterocycles. The number of nitrogens with zero attached hydrogens (tertiary/aromatic N) is 4. The fourth-order valence-corrected chi connectivity index (χ4v) is 3.05. The standard InChI is InChI=1S/C18H25N5/c1-14-4-3-5-16(21-14)6-9-23-10-7-17(8-11-23)22-18-12-15(2)19-13-20-18/h3-5,12-13,17H,6-11H2,1-2H3,(H,19,20,22). The van der Waals surface area contributed by atoms with Crippen molar-refractivity contribution < 1.29 is 0 Å². The van der Waals surface area contributed by atoms with Gasteiger partial charge in [0.1, 0.15) is 12.1 Å².